The van der Waals surface area contributed by atoms with Crippen molar-refractivity contribution < 1.29 is 21.7 Å². The monoisotopic (exact) mass is 406 g/mol. The van der Waals surface area contributed by atoms with Crippen molar-refractivity contribution in [2.75, 3.05) is 11.9 Å². The summed E-state index contributed by atoms with van der Waals surface area (Å²) in [6.45, 7) is 5.51. The lowest BCUT2D eigenvalue weighted by Crippen LogP contribution is -2.47. The molecule has 2 aliphatic carbocycles. The van der Waals surface area contributed by atoms with Gasteiger partial charge in [0.1, 0.15) is 0 Å². The molecule has 0 radical (unpaired) electrons. The van der Waals surface area contributed by atoms with Crippen LogP contribution in [-0.2, 0) is 15.4 Å². The molecule has 0 atom stereocenters. The summed E-state index contributed by atoms with van der Waals surface area (Å²) in [4.78, 5) is 4.26. The molecule has 154 valence electrons. The van der Waals surface area contributed by atoms with Crippen molar-refractivity contribution in [2.45, 2.75) is 81.9 Å². The highest BCUT2D eigenvalue weighted by Crippen LogP contribution is 2.52. The number of nitrogens with one attached hydrogen (secondary N) is 2. The summed E-state index contributed by atoms with van der Waals surface area (Å²) in [6, 6.07) is 0.428. The lowest BCUT2D eigenvalue weighted by molar-refractivity contribution is -0.123. The number of sulfonamides is 1. The van der Waals surface area contributed by atoms with Crippen LogP contribution in [0.15, 0.2) is 4.52 Å². The highest BCUT2D eigenvalue weighted by atomic mass is 32.2. The lowest BCUT2D eigenvalue weighted by atomic mass is 9.67. The fourth-order valence-electron chi connectivity index (χ4n) is 3.86. The summed E-state index contributed by atoms with van der Waals surface area (Å²) in [5.41, 5.74) is -0.724. The topological polar surface area (TPSA) is 97.1 Å². The van der Waals surface area contributed by atoms with Gasteiger partial charge in [0, 0.05) is 30.8 Å². The van der Waals surface area contributed by atoms with Crippen molar-refractivity contribution in [3.8, 4) is 0 Å². The first-order valence-electron chi connectivity index (χ1n) is 9.46. The molecule has 2 N–H and O–H groups in total. The number of nitrogens with zero attached hydrogens (tertiary/aromatic N) is 2. The highest BCUT2D eigenvalue weighted by molar-refractivity contribution is 7.90. The Morgan fingerprint density at radius 2 is 1.85 bits per heavy atom. The molecule has 3 rings (SSSR count). The minimum atomic E-state index is -3.23. The molecule has 2 saturated carbocycles. The Hall–Kier alpha value is -1.29. The second-order valence-corrected chi connectivity index (χ2v) is 10.8. The molecule has 0 aromatic carbocycles. The fraction of sp³-hybridized carbons (Fsp3) is 0.882. The van der Waals surface area contributed by atoms with Crippen LogP contribution in [0.3, 0.4) is 0 Å². The summed E-state index contributed by atoms with van der Waals surface area (Å²) in [7, 11) is -3.23. The van der Waals surface area contributed by atoms with Crippen molar-refractivity contribution in [3.63, 3.8) is 0 Å². The van der Waals surface area contributed by atoms with Crippen molar-refractivity contribution in [2.24, 2.45) is 5.92 Å². The molecule has 7 nitrogen and oxygen atoms in total. The average molecular weight is 406 g/mol. The van der Waals surface area contributed by atoms with Gasteiger partial charge >= 0.3 is 6.01 Å². The second kappa shape index (κ2) is 7.27. The number of anilines is 1. The van der Waals surface area contributed by atoms with Crippen LogP contribution in [-0.4, -0.2) is 42.3 Å². The molecule has 0 amide bonds. The van der Waals surface area contributed by atoms with Gasteiger partial charge in [0.05, 0.1) is 5.25 Å². The van der Waals surface area contributed by atoms with Gasteiger partial charge in [0.2, 0.25) is 15.9 Å². The first kappa shape index (κ1) is 20.4. The number of aromatic nitrogens is 2. The van der Waals surface area contributed by atoms with Gasteiger partial charge < -0.3 is 9.84 Å². The van der Waals surface area contributed by atoms with Gasteiger partial charge in [-0.15, -0.1) is 0 Å². The third-order valence-corrected chi connectivity index (χ3v) is 7.44. The third-order valence-electron chi connectivity index (χ3n) is 5.63. The predicted octanol–water partition coefficient (Wildman–Crippen LogP) is 3.05. The molecule has 10 heteroatoms. The Balaban J connectivity index is 1.45. The minimum Gasteiger partial charge on any atom is -0.335 e. The number of alkyl halides is 2. The quantitative estimate of drug-likeness (QED) is 0.722. The van der Waals surface area contributed by atoms with E-state index in [1.54, 1.807) is 20.8 Å². The van der Waals surface area contributed by atoms with Gasteiger partial charge in [-0.25, -0.2) is 21.9 Å². The molecule has 2 aliphatic rings. The second-order valence-electron chi connectivity index (χ2n) is 8.50. The molecule has 1 aromatic heterocycles. The summed E-state index contributed by atoms with van der Waals surface area (Å²) in [6.07, 6.45) is 3.00. The van der Waals surface area contributed by atoms with Crippen LogP contribution in [0.1, 0.15) is 65.1 Å². The van der Waals surface area contributed by atoms with Crippen LogP contribution in [0.2, 0.25) is 0 Å². The molecular weight excluding hydrogens is 378 g/mol. The predicted molar refractivity (Wildman–Crippen MR) is 97.3 cm³/mol. The molecule has 0 aliphatic heterocycles. The maximum absolute atomic E-state index is 13.2. The first-order chi connectivity index (χ1) is 12.5. The van der Waals surface area contributed by atoms with Crippen LogP contribution in [0.25, 0.3) is 0 Å². The average Bonchev–Trinajstić information content (AvgIpc) is 3.01. The minimum absolute atomic E-state index is 0.159. The molecule has 1 heterocycles. The van der Waals surface area contributed by atoms with Crippen LogP contribution in [0, 0.1) is 5.92 Å². The molecule has 27 heavy (non-hydrogen) atoms. The molecule has 0 bridgehead atoms. The number of rotatable bonds is 7. The summed E-state index contributed by atoms with van der Waals surface area (Å²) in [5.74, 6) is -2.00. The Kier molecular flexibility index (Phi) is 5.51. The Morgan fingerprint density at radius 1 is 1.22 bits per heavy atom. The smallest absolute Gasteiger partial charge is 0.321 e. The van der Waals surface area contributed by atoms with E-state index in [0.717, 1.165) is 25.7 Å². The van der Waals surface area contributed by atoms with Crippen molar-refractivity contribution in [1.29, 1.82) is 0 Å². The zero-order chi connectivity index (χ0) is 19.9. The molecule has 1 aromatic rings. The fourth-order valence-corrected chi connectivity index (χ4v) is 4.66. The Bertz CT molecular complexity index is 750. The lowest BCUT2D eigenvalue weighted by Gasteiger charge is -2.42. The van der Waals surface area contributed by atoms with Crippen LogP contribution in [0.5, 0.6) is 0 Å². The third kappa shape index (κ3) is 4.77. The molecule has 0 saturated heterocycles. The molecule has 2 fully saturated rings. The normalized spacial score (nSPS) is 27.3. The van der Waals surface area contributed by atoms with Gasteiger partial charge in [0.15, 0.2) is 5.82 Å². The number of halogens is 2. The van der Waals surface area contributed by atoms with E-state index < -0.39 is 26.6 Å². The summed E-state index contributed by atoms with van der Waals surface area (Å²) >= 11 is 0. The Morgan fingerprint density at radius 3 is 2.41 bits per heavy atom. The van der Waals surface area contributed by atoms with Gasteiger partial charge in [-0.1, -0.05) is 12.1 Å². The van der Waals surface area contributed by atoms with Gasteiger partial charge in [-0.3, -0.25) is 0 Å². The molecule has 0 unspecified atom stereocenters. The van der Waals surface area contributed by atoms with Crippen LogP contribution >= 0.6 is 0 Å². The van der Waals surface area contributed by atoms with E-state index in [4.69, 9.17) is 4.52 Å². The van der Waals surface area contributed by atoms with Crippen molar-refractivity contribution >= 4 is 16.0 Å². The van der Waals surface area contributed by atoms with Gasteiger partial charge in [-0.05, 0) is 45.4 Å². The van der Waals surface area contributed by atoms with E-state index in [0.29, 0.717) is 18.3 Å². The first-order valence-corrected chi connectivity index (χ1v) is 11.0. The summed E-state index contributed by atoms with van der Waals surface area (Å²) < 4.78 is 57.9. The van der Waals surface area contributed by atoms with E-state index in [9.17, 15) is 17.2 Å². The van der Waals surface area contributed by atoms with Crippen molar-refractivity contribution in [3.05, 3.63) is 5.82 Å². The maximum atomic E-state index is 13.2. The van der Waals surface area contributed by atoms with E-state index in [2.05, 4.69) is 20.2 Å². The van der Waals surface area contributed by atoms with E-state index in [-0.39, 0.29) is 24.9 Å². The SMILES string of the molecule is CC(C)S(=O)(=O)NC[C@H]1CC[C@H](Nc2nc(C3(C)CC(F)(F)C3)no2)CC1. The van der Waals surface area contributed by atoms with Crippen LogP contribution < -0.4 is 10.0 Å². The van der Waals surface area contributed by atoms with E-state index in [1.807, 2.05) is 0 Å². The maximum Gasteiger partial charge on any atom is 0.321 e. The van der Waals surface area contributed by atoms with Crippen LogP contribution in [0.4, 0.5) is 14.8 Å². The number of hydrogen-bond donors (Lipinski definition) is 2. The van der Waals surface area contributed by atoms with Gasteiger partial charge in [-0.2, -0.15) is 4.98 Å². The van der Waals surface area contributed by atoms with Gasteiger partial charge in [0.25, 0.3) is 0 Å². The zero-order valence-electron chi connectivity index (χ0n) is 16.0. The highest BCUT2D eigenvalue weighted by Gasteiger charge is 2.56. The zero-order valence-corrected chi connectivity index (χ0v) is 16.8. The Labute approximate surface area is 158 Å². The molecule has 0 spiro atoms. The largest absolute Gasteiger partial charge is 0.335 e. The molecular formula is C17H28F2N4O3S. The number of hydrogen-bond acceptors (Lipinski definition) is 6. The van der Waals surface area contributed by atoms with E-state index in [1.165, 1.54) is 0 Å². The standard InChI is InChI=1S/C17H28F2N4O3S/c1-11(2)27(24,25)20-8-12-4-6-13(7-5-12)21-15-22-14(23-26-15)16(3)9-17(18,19)10-16/h11-13,20H,4-10H2,1-3H3,(H,21,22,23)/t12-,13-. The summed E-state index contributed by atoms with van der Waals surface area (Å²) in [5, 5.41) is 6.63. The van der Waals surface area contributed by atoms with Crippen molar-refractivity contribution in [1.82, 2.24) is 14.9 Å². The van der Waals surface area contributed by atoms with E-state index >= 15 is 0 Å².